The van der Waals surface area contributed by atoms with E-state index in [2.05, 4.69) is 10.2 Å². The van der Waals surface area contributed by atoms with Crippen molar-refractivity contribution in [3.8, 4) is 0 Å². The third kappa shape index (κ3) is 5.18. The average molecular weight is 417 g/mol. The summed E-state index contributed by atoms with van der Waals surface area (Å²) in [4.78, 5) is 32.7. The number of ether oxygens (including phenoxy) is 1. The number of thioether (sulfide) groups is 1. The number of carbonyl (C=O) groups is 1. The molecule has 2 aromatic rings. The van der Waals surface area contributed by atoms with Crippen LogP contribution in [0.4, 0.5) is 0 Å². The van der Waals surface area contributed by atoms with E-state index in [4.69, 9.17) is 9.72 Å². The van der Waals surface area contributed by atoms with Gasteiger partial charge in [-0.3, -0.25) is 19.1 Å². The molecule has 156 valence electrons. The topological polar surface area (TPSA) is 76.5 Å². The molecule has 1 aliphatic heterocycles. The van der Waals surface area contributed by atoms with Crippen LogP contribution in [0.25, 0.3) is 10.9 Å². The summed E-state index contributed by atoms with van der Waals surface area (Å²) in [7, 11) is 0. The number of hydrogen-bond acceptors (Lipinski definition) is 6. The fourth-order valence-electron chi connectivity index (χ4n) is 3.47. The predicted molar refractivity (Wildman–Crippen MR) is 114 cm³/mol. The van der Waals surface area contributed by atoms with Crippen LogP contribution >= 0.6 is 11.8 Å². The zero-order chi connectivity index (χ0) is 20.2. The van der Waals surface area contributed by atoms with Gasteiger partial charge >= 0.3 is 0 Å². The monoisotopic (exact) mass is 416 g/mol. The molecule has 0 unspecified atom stereocenters. The van der Waals surface area contributed by atoms with Gasteiger partial charge in [-0.05, 0) is 38.3 Å². The average Bonchev–Trinajstić information content (AvgIpc) is 3.55. The number of amides is 1. The fourth-order valence-corrected chi connectivity index (χ4v) is 4.41. The van der Waals surface area contributed by atoms with Crippen LogP contribution in [0.5, 0.6) is 0 Å². The van der Waals surface area contributed by atoms with Gasteiger partial charge in [-0.1, -0.05) is 23.9 Å². The zero-order valence-electron chi connectivity index (χ0n) is 16.8. The van der Waals surface area contributed by atoms with Gasteiger partial charge in [0, 0.05) is 32.2 Å². The molecule has 1 saturated carbocycles. The molecule has 7 nitrogen and oxygen atoms in total. The molecule has 1 N–H and O–H groups in total. The Hall–Kier alpha value is -1.90. The first kappa shape index (κ1) is 20.4. The second-order valence-corrected chi connectivity index (χ2v) is 9.03. The van der Waals surface area contributed by atoms with Gasteiger partial charge in [-0.25, -0.2) is 4.98 Å². The number of hydrogen-bond donors (Lipinski definition) is 1. The van der Waals surface area contributed by atoms with Crippen molar-refractivity contribution in [2.75, 3.05) is 32.8 Å². The van der Waals surface area contributed by atoms with Crippen LogP contribution in [0.15, 0.2) is 34.2 Å². The summed E-state index contributed by atoms with van der Waals surface area (Å²) in [5, 5.41) is 3.98. The van der Waals surface area contributed by atoms with E-state index < -0.39 is 0 Å². The van der Waals surface area contributed by atoms with Crippen LogP contribution in [0.1, 0.15) is 26.2 Å². The third-order valence-corrected chi connectivity index (χ3v) is 6.45. The molecule has 2 fully saturated rings. The number of nitrogens with zero attached hydrogens (tertiary/aromatic N) is 3. The maximum absolute atomic E-state index is 13.1. The molecule has 1 atom stereocenters. The lowest BCUT2D eigenvalue weighted by atomic mass is 10.2. The van der Waals surface area contributed by atoms with Crippen molar-refractivity contribution >= 4 is 28.6 Å². The standard InChI is InChI=1S/C21H28N4O3S/c1-15(19(26)22-16-7-8-16)29-21-23-18-6-3-2-5-17(18)20(27)25(21)10-4-9-24-11-13-28-14-12-24/h2-3,5-6,15-16H,4,7-14H2,1H3,(H,22,26)/t15-/m0/s1. The number of aromatic nitrogens is 2. The SMILES string of the molecule is C[C@H](Sc1nc2ccccc2c(=O)n1CCCN1CCOCC1)C(=O)NC1CC1. The maximum atomic E-state index is 13.1. The molecule has 1 saturated heterocycles. The lowest BCUT2D eigenvalue weighted by Crippen LogP contribution is -2.37. The Balaban J connectivity index is 1.52. The summed E-state index contributed by atoms with van der Waals surface area (Å²) in [6.07, 6.45) is 2.98. The van der Waals surface area contributed by atoms with Crippen molar-refractivity contribution in [2.24, 2.45) is 0 Å². The Bertz CT molecular complexity index is 922. The Morgan fingerprint density at radius 1 is 1.28 bits per heavy atom. The zero-order valence-corrected chi connectivity index (χ0v) is 17.6. The number of carbonyl (C=O) groups excluding carboxylic acids is 1. The molecule has 1 aromatic carbocycles. The molecule has 2 aliphatic rings. The first-order valence-corrected chi connectivity index (χ1v) is 11.3. The lowest BCUT2D eigenvalue weighted by molar-refractivity contribution is -0.120. The summed E-state index contributed by atoms with van der Waals surface area (Å²) in [6, 6.07) is 7.75. The van der Waals surface area contributed by atoms with Crippen molar-refractivity contribution in [3.63, 3.8) is 0 Å². The molecule has 0 bridgehead atoms. The molecule has 1 aliphatic carbocycles. The Morgan fingerprint density at radius 3 is 2.79 bits per heavy atom. The lowest BCUT2D eigenvalue weighted by Gasteiger charge is -2.26. The smallest absolute Gasteiger partial charge is 0.262 e. The molecular weight excluding hydrogens is 388 g/mol. The molecule has 1 amide bonds. The highest BCUT2D eigenvalue weighted by atomic mass is 32.2. The van der Waals surface area contributed by atoms with Crippen molar-refractivity contribution in [3.05, 3.63) is 34.6 Å². The number of fused-ring (bicyclic) bond motifs is 1. The Labute approximate surface area is 174 Å². The van der Waals surface area contributed by atoms with E-state index in [9.17, 15) is 9.59 Å². The van der Waals surface area contributed by atoms with Crippen molar-refractivity contribution < 1.29 is 9.53 Å². The van der Waals surface area contributed by atoms with Crippen LogP contribution in [-0.4, -0.2) is 64.5 Å². The minimum absolute atomic E-state index is 0.0137. The highest BCUT2D eigenvalue weighted by molar-refractivity contribution is 8.00. The van der Waals surface area contributed by atoms with E-state index in [1.807, 2.05) is 31.2 Å². The van der Waals surface area contributed by atoms with Gasteiger partial charge in [0.05, 0.1) is 29.4 Å². The van der Waals surface area contributed by atoms with E-state index >= 15 is 0 Å². The summed E-state index contributed by atoms with van der Waals surface area (Å²) in [6.45, 7) is 6.80. The predicted octanol–water partition coefficient (Wildman–Crippen LogP) is 1.88. The van der Waals surface area contributed by atoms with Gasteiger partial charge in [0.15, 0.2) is 5.16 Å². The minimum Gasteiger partial charge on any atom is -0.379 e. The molecule has 8 heteroatoms. The Kier molecular flexibility index (Phi) is 6.52. The third-order valence-electron chi connectivity index (χ3n) is 5.36. The van der Waals surface area contributed by atoms with E-state index in [0.29, 0.717) is 28.6 Å². The number of para-hydroxylation sites is 1. The van der Waals surface area contributed by atoms with Crippen molar-refractivity contribution in [1.82, 2.24) is 19.8 Å². The van der Waals surface area contributed by atoms with Crippen molar-refractivity contribution in [2.45, 2.75) is 49.2 Å². The van der Waals surface area contributed by atoms with Crippen LogP contribution in [0.2, 0.25) is 0 Å². The van der Waals surface area contributed by atoms with E-state index in [-0.39, 0.29) is 16.7 Å². The van der Waals surface area contributed by atoms with Gasteiger partial charge in [0.1, 0.15) is 0 Å². The van der Waals surface area contributed by atoms with Crippen LogP contribution in [0, 0.1) is 0 Å². The van der Waals surface area contributed by atoms with Gasteiger partial charge in [-0.15, -0.1) is 0 Å². The largest absolute Gasteiger partial charge is 0.379 e. The highest BCUT2D eigenvalue weighted by Gasteiger charge is 2.27. The normalized spacial score (nSPS) is 18.7. The van der Waals surface area contributed by atoms with Crippen molar-refractivity contribution in [1.29, 1.82) is 0 Å². The number of rotatable bonds is 8. The van der Waals surface area contributed by atoms with Gasteiger partial charge in [0.25, 0.3) is 5.56 Å². The van der Waals surface area contributed by atoms with Crippen LogP contribution < -0.4 is 10.9 Å². The summed E-state index contributed by atoms with van der Waals surface area (Å²) in [5.41, 5.74) is 0.647. The van der Waals surface area contributed by atoms with Gasteiger partial charge < -0.3 is 10.1 Å². The highest BCUT2D eigenvalue weighted by Crippen LogP contribution is 2.25. The fraction of sp³-hybridized carbons (Fsp3) is 0.571. The number of nitrogens with one attached hydrogen (secondary N) is 1. The first-order valence-electron chi connectivity index (χ1n) is 10.4. The van der Waals surface area contributed by atoms with Crippen LogP contribution in [-0.2, 0) is 16.1 Å². The summed E-state index contributed by atoms with van der Waals surface area (Å²) >= 11 is 1.37. The molecular formula is C21H28N4O3S. The first-order chi connectivity index (χ1) is 14.1. The van der Waals surface area contributed by atoms with E-state index in [1.165, 1.54) is 11.8 Å². The van der Waals surface area contributed by atoms with Crippen LogP contribution in [0.3, 0.4) is 0 Å². The Morgan fingerprint density at radius 2 is 2.03 bits per heavy atom. The van der Waals surface area contributed by atoms with Gasteiger partial charge in [0.2, 0.25) is 5.91 Å². The maximum Gasteiger partial charge on any atom is 0.262 e. The minimum atomic E-state index is -0.297. The second-order valence-electron chi connectivity index (χ2n) is 7.72. The van der Waals surface area contributed by atoms with E-state index in [0.717, 1.165) is 52.1 Å². The molecule has 0 radical (unpaired) electrons. The number of morpholine rings is 1. The summed E-state index contributed by atoms with van der Waals surface area (Å²) < 4.78 is 7.15. The molecule has 2 heterocycles. The second kappa shape index (κ2) is 9.28. The molecule has 1 aromatic heterocycles. The molecule has 0 spiro atoms. The summed E-state index contributed by atoms with van der Waals surface area (Å²) in [5.74, 6) is 0.0137. The van der Waals surface area contributed by atoms with E-state index in [1.54, 1.807) is 4.57 Å². The quantitative estimate of drug-likeness (QED) is 0.523. The molecule has 4 rings (SSSR count). The molecule has 29 heavy (non-hydrogen) atoms. The number of benzene rings is 1. The van der Waals surface area contributed by atoms with Gasteiger partial charge in [-0.2, -0.15) is 0 Å².